The fourth-order valence-corrected chi connectivity index (χ4v) is 2.41. The lowest BCUT2D eigenvalue weighted by molar-refractivity contribution is 0.0853. The van der Waals surface area contributed by atoms with E-state index in [0.29, 0.717) is 5.69 Å². The first-order chi connectivity index (χ1) is 7.09. The number of aromatic nitrogens is 1. The first kappa shape index (κ1) is 13.4. The quantitative estimate of drug-likeness (QED) is 0.731. The smallest absolute Gasteiger partial charge is 0.187 e. The van der Waals surface area contributed by atoms with E-state index in [0.717, 1.165) is 11.4 Å². The Kier molecular flexibility index (Phi) is 3.58. The Morgan fingerprint density at radius 3 is 2.25 bits per heavy atom. The van der Waals surface area contributed by atoms with Crippen LogP contribution < -0.4 is 0 Å². The normalized spacial score (nSPS) is 12.9. The van der Waals surface area contributed by atoms with Crippen molar-refractivity contribution < 1.29 is 4.79 Å². The van der Waals surface area contributed by atoms with Gasteiger partial charge in [0.05, 0.1) is 5.01 Å². The zero-order chi connectivity index (χ0) is 12.6. The van der Waals surface area contributed by atoms with Crippen molar-refractivity contribution in [1.82, 2.24) is 4.98 Å². The van der Waals surface area contributed by atoms with Gasteiger partial charge in [-0.05, 0) is 5.41 Å². The second-order valence-corrected chi connectivity index (χ2v) is 7.39. The zero-order valence-corrected chi connectivity index (χ0v) is 11.9. The van der Waals surface area contributed by atoms with Gasteiger partial charge in [0.1, 0.15) is 5.69 Å². The Hall–Kier alpha value is -0.700. The second kappa shape index (κ2) is 4.28. The average molecular weight is 239 g/mol. The van der Waals surface area contributed by atoms with Gasteiger partial charge in [-0.25, -0.2) is 4.98 Å². The van der Waals surface area contributed by atoms with E-state index in [1.54, 1.807) is 11.3 Å². The number of carbonyl (C=O) groups excluding carboxylic acids is 1. The van der Waals surface area contributed by atoms with Crippen LogP contribution in [0.5, 0.6) is 0 Å². The summed E-state index contributed by atoms with van der Waals surface area (Å²) in [6.07, 6.45) is 0.926. The second-order valence-electron chi connectivity index (χ2n) is 6.44. The summed E-state index contributed by atoms with van der Waals surface area (Å²) in [4.78, 5) is 16.4. The van der Waals surface area contributed by atoms with Crippen molar-refractivity contribution in [2.45, 2.75) is 48.0 Å². The summed E-state index contributed by atoms with van der Waals surface area (Å²) in [6, 6.07) is 0. The molecule has 16 heavy (non-hydrogen) atoms. The minimum Gasteiger partial charge on any atom is -0.292 e. The highest BCUT2D eigenvalue weighted by Crippen LogP contribution is 2.26. The summed E-state index contributed by atoms with van der Waals surface area (Å²) in [6.45, 7) is 12.3. The van der Waals surface area contributed by atoms with Gasteiger partial charge in [0, 0.05) is 17.2 Å². The highest BCUT2D eigenvalue weighted by molar-refractivity contribution is 7.09. The molecule has 0 fully saturated rings. The molecule has 0 bridgehead atoms. The molecule has 0 atom stereocenters. The number of hydrogen-bond donors (Lipinski definition) is 0. The number of hydrogen-bond acceptors (Lipinski definition) is 3. The standard InChI is InChI=1S/C13H21NOS/c1-12(2,3)7-10-14-9(8-16-10)11(15)13(4,5)6/h8H,7H2,1-6H3. The summed E-state index contributed by atoms with van der Waals surface area (Å²) in [5.41, 5.74) is 0.504. The van der Waals surface area contributed by atoms with Crippen LogP contribution in [0.25, 0.3) is 0 Å². The molecule has 0 spiro atoms. The molecule has 90 valence electrons. The third-order valence-electron chi connectivity index (χ3n) is 2.15. The SMILES string of the molecule is CC(C)(C)Cc1nc(C(=O)C(C)(C)C)cs1. The zero-order valence-electron chi connectivity index (χ0n) is 11.0. The molecule has 0 aromatic carbocycles. The van der Waals surface area contributed by atoms with Crippen molar-refractivity contribution in [3.8, 4) is 0 Å². The van der Waals surface area contributed by atoms with Crippen LogP contribution in [0, 0.1) is 10.8 Å². The minimum atomic E-state index is -0.340. The molecule has 0 amide bonds. The van der Waals surface area contributed by atoms with Crippen LogP contribution in [0.15, 0.2) is 5.38 Å². The van der Waals surface area contributed by atoms with Crippen LogP contribution >= 0.6 is 11.3 Å². The molecule has 1 aromatic rings. The first-order valence-corrected chi connectivity index (χ1v) is 6.47. The largest absolute Gasteiger partial charge is 0.292 e. The molecule has 1 heterocycles. The predicted molar refractivity (Wildman–Crippen MR) is 69.1 cm³/mol. The van der Waals surface area contributed by atoms with Crippen molar-refractivity contribution in [2.24, 2.45) is 10.8 Å². The lowest BCUT2D eigenvalue weighted by Crippen LogP contribution is -2.20. The molecule has 0 aliphatic rings. The van der Waals surface area contributed by atoms with Crippen molar-refractivity contribution in [1.29, 1.82) is 0 Å². The molecular formula is C13H21NOS. The highest BCUT2D eigenvalue weighted by Gasteiger charge is 2.25. The molecule has 1 aromatic heterocycles. The first-order valence-electron chi connectivity index (χ1n) is 5.59. The van der Waals surface area contributed by atoms with Gasteiger partial charge in [-0.2, -0.15) is 0 Å². The van der Waals surface area contributed by atoms with Gasteiger partial charge in [0.25, 0.3) is 0 Å². The van der Waals surface area contributed by atoms with E-state index in [9.17, 15) is 4.79 Å². The van der Waals surface area contributed by atoms with E-state index in [2.05, 4.69) is 25.8 Å². The Morgan fingerprint density at radius 2 is 1.81 bits per heavy atom. The van der Waals surface area contributed by atoms with E-state index >= 15 is 0 Å². The highest BCUT2D eigenvalue weighted by atomic mass is 32.1. The molecule has 1 rings (SSSR count). The summed E-state index contributed by atoms with van der Waals surface area (Å²) < 4.78 is 0. The fraction of sp³-hybridized carbons (Fsp3) is 0.692. The molecule has 0 aliphatic carbocycles. The van der Waals surface area contributed by atoms with E-state index in [4.69, 9.17) is 0 Å². The monoisotopic (exact) mass is 239 g/mol. The lowest BCUT2D eigenvalue weighted by Gasteiger charge is -2.16. The van der Waals surface area contributed by atoms with Crippen LogP contribution in [0.1, 0.15) is 57.0 Å². The van der Waals surface area contributed by atoms with Gasteiger partial charge in [-0.15, -0.1) is 11.3 Å². The van der Waals surface area contributed by atoms with Gasteiger partial charge in [-0.3, -0.25) is 4.79 Å². The maximum atomic E-state index is 12.0. The van der Waals surface area contributed by atoms with E-state index in [1.165, 1.54) is 0 Å². The minimum absolute atomic E-state index is 0.129. The van der Waals surface area contributed by atoms with Crippen LogP contribution in [-0.2, 0) is 6.42 Å². The number of nitrogens with zero attached hydrogens (tertiary/aromatic N) is 1. The number of thiazole rings is 1. The van der Waals surface area contributed by atoms with Gasteiger partial charge in [-0.1, -0.05) is 41.5 Å². The number of ketones is 1. The van der Waals surface area contributed by atoms with E-state index in [-0.39, 0.29) is 16.6 Å². The van der Waals surface area contributed by atoms with Crippen molar-refractivity contribution >= 4 is 17.1 Å². The maximum Gasteiger partial charge on any atom is 0.187 e. The Bertz CT molecular complexity index is 379. The third-order valence-corrected chi connectivity index (χ3v) is 3.00. The van der Waals surface area contributed by atoms with Gasteiger partial charge in [0.2, 0.25) is 0 Å². The molecule has 0 saturated carbocycles. The number of rotatable bonds is 2. The Labute approximate surface area is 102 Å². The van der Waals surface area contributed by atoms with Crippen LogP contribution in [0.2, 0.25) is 0 Å². The van der Waals surface area contributed by atoms with Gasteiger partial charge < -0.3 is 0 Å². The van der Waals surface area contributed by atoms with Gasteiger partial charge in [0.15, 0.2) is 5.78 Å². The Morgan fingerprint density at radius 1 is 1.25 bits per heavy atom. The third kappa shape index (κ3) is 3.71. The Balaban J connectivity index is 2.84. The molecule has 0 N–H and O–H groups in total. The molecule has 2 nitrogen and oxygen atoms in total. The average Bonchev–Trinajstić information content (AvgIpc) is 2.46. The topological polar surface area (TPSA) is 30.0 Å². The lowest BCUT2D eigenvalue weighted by atomic mass is 9.89. The number of carbonyl (C=O) groups is 1. The molecule has 0 unspecified atom stereocenters. The molecular weight excluding hydrogens is 218 g/mol. The fourth-order valence-electron chi connectivity index (χ4n) is 1.33. The summed E-state index contributed by atoms with van der Waals surface area (Å²) in [5.74, 6) is 0.129. The summed E-state index contributed by atoms with van der Waals surface area (Å²) >= 11 is 1.59. The van der Waals surface area contributed by atoms with Crippen LogP contribution in [0.4, 0.5) is 0 Å². The molecule has 0 radical (unpaired) electrons. The van der Waals surface area contributed by atoms with Crippen molar-refractivity contribution in [3.63, 3.8) is 0 Å². The predicted octanol–water partition coefficient (Wildman–Crippen LogP) is 3.96. The van der Waals surface area contributed by atoms with Crippen LogP contribution in [-0.4, -0.2) is 10.8 Å². The molecule has 0 aliphatic heterocycles. The maximum absolute atomic E-state index is 12.0. The van der Waals surface area contributed by atoms with Crippen molar-refractivity contribution in [2.75, 3.05) is 0 Å². The summed E-state index contributed by atoms with van der Waals surface area (Å²) in [5, 5.41) is 2.94. The number of Topliss-reactive ketones (excluding diaryl/α,β-unsaturated/α-hetero) is 1. The summed E-state index contributed by atoms with van der Waals surface area (Å²) in [7, 11) is 0. The van der Waals surface area contributed by atoms with E-state index < -0.39 is 0 Å². The van der Waals surface area contributed by atoms with Crippen LogP contribution in [0.3, 0.4) is 0 Å². The molecule has 0 saturated heterocycles. The molecule has 3 heteroatoms. The van der Waals surface area contributed by atoms with E-state index in [1.807, 2.05) is 26.2 Å². The van der Waals surface area contributed by atoms with Gasteiger partial charge >= 0.3 is 0 Å². The van der Waals surface area contributed by atoms with Crippen molar-refractivity contribution in [3.05, 3.63) is 16.1 Å².